The lowest BCUT2D eigenvalue weighted by Crippen LogP contribution is -2.30. The predicted molar refractivity (Wildman–Crippen MR) is 77.7 cm³/mol. The standard InChI is InChI=1S/C16H19NO3/c1-5-20-15(19)12-9-17-13-7-6-10(16(2,3)4)8-11(13)14(12)18/h6-9,12H,5H2,1-4H3. The highest BCUT2D eigenvalue weighted by molar-refractivity contribution is 6.22. The molecule has 1 unspecified atom stereocenters. The van der Waals surface area contributed by atoms with Gasteiger partial charge in [0, 0.05) is 11.8 Å². The molecular formula is C16H19NO3. The van der Waals surface area contributed by atoms with Crippen molar-refractivity contribution in [1.82, 2.24) is 0 Å². The van der Waals surface area contributed by atoms with E-state index in [2.05, 4.69) is 25.8 Å². The molecule has 0 N–H and O–H groups in total. The van der Waals surface area contributed by atoms with Crippen LogP contribution in [0, 0.1) is 5.92 Å². The molecule has 0 radical (unpaired) electrons. The highest BCUT2D eigenvalue weighted by Crippen LogP contribution is 2.32. The summed E-state index contributed by atoms with van der Waals surface area (Å²) >= 11 is 0. The number of Topliss-reactive ketones (excluding diaryl/α,β-unsaturated/α-hetero) is 1. The number of esters is 1. The first kappa shape index (κ1) is 14.4. The van der Waals surface area contributed by atoms with Crippen molar-refractivity contribution in [1.29, 1.82) is 0 Å². The second kappa shape index (κ2) is 5.19. The number of hydrogen-bond donors (Lipinski definition) is 0. The number of carbonyl (C=O) groups is 2. The summed E-state index contributed by atoms with van der Waals surface area (Å²) in [6.07, 6.45) is 1.37. The van der Waals surface area contributed by atoms with Crippen LogP contribution in [0.2, 0.25) is 0 Å². The van der Waals surface area contributed by atoms with Crippen molar-refractivity contribution >= 4 is 23.7 Å². The van der Waals surface area contributed by atoms with Gasteiger partial charge in [0.25, 0.3) is 0 Å². The number of ether oxygens (including phenoxy) is 1. The second-order valence-electron chi connectivity index (χ2n) is 5.85. The lowest BCUT2D eigenvalue weighted by atomic mass is 9.84. The molecular weight excluding hydrogens is 254 g/mol. The van der Waals surface area contributed by atoms with Gasteiger partial charge >= 0.3 is 5.97 Å². The Balaban J connectivity index is 2.40. The summed E-state index contributed by atoms with van der Waals surface area (Å²) < 4.78 is 4.91. The van der Waals surface area contributed by atoms with Crippen LogP contribution < -0.4 is 0 Å². The first-order valence-electron chi connectivity index (χ1n) is 6.74. The van der Waals surface area contributed by atoms with Crippen LogP contribution in [0.3, 0.4) is 0 Å². The quantitative estimate of drug-likeness (QED) is 0.614. The maximum Gasteiger partial charge on any atom is 0.322 e. The van der Waals surface area contributed by atoms with Gasteiger partial charge in [0.1, 0.15) is 0 Å². The third kappa shape index (κ3) is 2.64. The fourth-order valence-electron chi connectivity index (χ4n) is 2.10. The summed E-state index contributed by atoms with van der Waals surface area (Å²) in [5.41, 5.74) is 2.10. The van der Waals surface area contributed by atoms with Gasteiger partial charge < -0.3 is 4.74 Å². The van der Waals surface area contributed by atoms with E-state index < -0.39 is 11.9 Å². The van der Waals surface area contributed by atoms with E-state index in [1.54, 1.807) is 6.92 Å². The van der Waals surface area contributed by atoms with Gasteiger partial charge in [0.15, 0.2) is 11.7 Å². The van der Waals surface area contributed by atoms with E-state index in [9.17, 15) is 9.59 Å². The summed E-state index contributed by atoms with van der Waals surface area (Å²) in [5.74, 6) is -1.69. The molecule has 0 saturated heterocycles. The SMILES string of the molecule is CCOC(=O)C1C=Nc2ccc(C(C)(C)C)cc2C1=O. The zero-order valence-corrected chi connectivity index (χ0v) is 12.3. The lowest BCUT2D eigenvalue weighted by Gasteiger charge is -2.22. The van der Waals surface area contributed by atoms with Gasteiger partial charge in [-0.15, -0.1) is 0 Å². The highest BCUT2D eigenvalue weighted by atomic mass is 16.5. The number of hydrogen-bond acceptors (Lipinski definition) is 4. The van der Waals surface area contributed by atoms with Crippen molar-refractivity contribution in [3.05, 3.63) is 29.3 Å². The molecule has 0 fully saturated rings. The van der Waals surface area contributed by atoms with Crippen LogP contribution in [0.1, 0.15) is 43.6 Å². The molecule has 1 atom stereocenters. The normalized spacial score (nSPS) is 17.8. The predicted octanol–water partition coefficient (Wildman–Crippen LogP) is 3.06. The van der Waals surface area contributed by atoms with Crippen LogP contribution in [-0.2, 0) is 14.9 Å². The van der Waals surface area contributed by atoms with Crippen molar-refractivity contribution in [2.75, 3.05) is 6.61 Å². The Bertz CT molecular complexity index is 582. The minimum Gasteiger partial charge on any atom is -0.465 e. The average Bonchev–Trinajstić information content (AvgIpc) is 2.38. The Morgan fingerprint density at radius 2 is 2.05 bits per heavy atom. The van der Waals surface area contributed by atoms with Crippen LogP contribution in [0.25, 0.3) is 0 Å². The minimum atomic E-state index is -0.919. The van der Waals surface area contributed by atoms with Gasteiger partial charge in [-0.25, -0.2) is 0 Å². The van der Waals surface area contributed by atoms with Crippen molar-refractivity contribution in [3.8, 4) is 0 Å². The Kier molecular flexibility index (Phi) is 3.75. The summed E-state index contributed by atoms with van der Waals surface area (Å²) in [5, 5.41) is 0. The molecule has 4 heteroatoms. The molecule has 1 aromatic rings. The topological polar surface area (TPSA) is 55.7 Å². The van der Waals surface area contributed by atoms with E-state index in [1.807, 2.05) is 18.2 Å². The van der Waals surface area contributed by atoms with E-state index in [1.165, 1.54) is 6.21 Å². The fourth-order valence-corrected chi connectivity index (χ4v) is 2.10. The lowest BCUT2D eigenvalue weighted by molar-refractivity contribution is -0.143. The molecule has 2 rings (SSSR count). The Morgan fingerprint density at radius 1 is 1.35 bits per heavy atom. The molecule has 0 aromatic heterocycles. The molecule has 20 heavy (non-hydrogen) atoms. The third-order valence-corrected chi connectivity index (χ3v) is 3.31. The maximum atomic E-state index is 12.4. The van der Waals surface area contributed by atoms with Crippen molar-refractivity contribution < 1.29 is 14.3 Å². The number of fused-ring (bicyclic) bond motifs is 1. The number of aliphatic imine (C=N–C) groups is 1. The molecule has 0 aliphatic carbocycles. The van der Waals surface area contributed by atoms with E-state index in [0.717, 1.165) is 5.56 Å². The molecule has 0 bridgehead atoms. The van der Waals surface area contributed by atoms with E-state index in [-0.39, 0.29) is 17.8 Å². The van der Waals surface area contributed by atoms with Crippen LogP contribution >= 0.6 is 0 Å². The van der Waals surface area contributed by atoms with E-state index in [4.69, 9.17) is 4.74 Å². The number of nitrogens with zero attached hydrogens (tertiary/aromatic N) is 1. The molecule has 0 amide bonds. The smallest absolute Gasteiger partial charge is 0.322 e. The molecule has 0 spiro atoms. The van der Waals surface area contributed by atoms with Crippen molar-refractivity contribution in [2.24, 2.45) is 10.9 Å². The largest absolute Gasteiger partial charge is 0.465 e. The summed E-state index contributed by atoms with van der Waals surface area (Å²) in [6.45, 7) is 8.20. The maximum absolute atomic E-state index is 12.4. The first-order valence-corrected chi connectivity index (χ1v) is 6.74. The second-order valence-corrected chi connectivity index (χ2v) is 5.85. The van der Waals surface area contributed by atoms with Crippen LogP contribution in [-0.4, -0.2) is 24.6 Å². The number of ketones is 1. The molecule has 0 saturated carbocycles. The van der Waals surface area contributed by atoms with Gasteiger partial charge in [-0.05, 0) is 30.0 Å². The first-order chi connectivity index (χ1) is 9.34. The average molecular weight is 273 g/mol. The molecule has 4 nitrogen and oxygen atoms in total. The van der Waals surface area contributed by atoms with E-state index in [0.29, 0.717) is 11.3 Å². The van der Waals surface area contributed by atoms with Gasteiger partial charge in [0.2, 0.25) is 0 Å². The van der Waals surface area contributed by atoms with Gasteiger partial charge in [-0.1, -0.05) is 26.8 Å². The van der Waals surface area contributed by atoms with Crippen molar-refractivity contribution in [3.63, 3.8) is 0 Å². The summed E-state index contributed by atoms with van der Waals surface area (Å²) in [6, 6.07) is 5.63. The van der Waals surface area contributed by atoms with Gasteiger partial charge in [-0.2, -0.15) is 0 Å². The molecule has 1 aromatic carbocycles. The molecule has 106 valence electrons. The Morgan fingerprint density at radius 3 is 2.65 bits per heavy atom. The Hall–Kier alpha value is -1.97. The van der Waals surface area contributed by atoms with Crippen LogP contribution in [0.5, 0.6) is 0 Å². The zero-order chi connectivity index (χ0) is 14.9. The van der Waals surface area contributed by atoms with Gasteiger partial charge in [-0.3, -0.25) is 14.6 Å². The third-order valence-electron chi connectivity index (χ3n) is 3.31. The molecule has 1 aliphatic rings. The zero-order valence-electron chi connectivity index (χ0n) is 12.3. The molecule has 1 aliphatic heterocycles. The number of carbonyl (C=O) groups excluding carboxylic acids is 2. The van der Waals surface area contributed by atoms with Crippen LogP contribution in [0.4, 0.5) is 5.69 Å². The van der Waals surface area contributed by atoms with Gasteiger partial charge in [0.05, 0.1) is 12.3 Å². The monoisotopic (exact) mass is 273 g/mol. The summed E-state index contributed by atoms with van der Waals surface area (Å²) in [4.78, 5) is 28.4. The van der Waals surface area contributed by atoms with Crippen molar-refractivity contribution in [2.45, 2.75) is 33.1 Å². The van der Waals surface area contributed by atoms with E-state index >= 15 is 0 Å². The highest BCUT2D eigenvalue weighted by Gasteiger charge is 2.32. The fraction of sp³-hybridized carbons (Fsp3) is 0.438. The van der Waals surface area contributed by atoms with Crippen LogP contribution in [0.15, 0.2) is 23.2 Å². The number of rotatable bonds is 2. The minimum absolute atomic E-state index is 0.0596. The summed E-state index contributed by atoms with van der Waals surface area (Å²) in [7, 11) is 0. The number of benzene rings is 1. The molecule has 1 heterocycles. The Labute approximate surface area is 118 Å².